The molecule has 1 atom stereocenters. The molecule has 2 rings (SSSR count). The normalized spacial score (nSPS) is 13.0. The number of H-pyrrole nitrogens is 1. The lowest BCUT2D eigenvalue weighted by atomic mass is 10.3. The largest absolute Gasteiger partial charge is 0.389 e. The summed E-state index contributed by atoms with van der Waals surface area (Å²) in [6.45, 7) is 1.06. The van der Waals surface area contributed by atoms with Crippen molar-refractivity contribution >= 4 is 11.0 Å². The van der Waals surface area contributed by atoms with Crippen LogP contribution in [0.4, 0.5) is 0 Å². The van der Waals surface area contributed by atoms with Gasteiger partial charge in [-0.15, -0.1) is 0 Å². The summed E-state index contributed by atoms with van der Waals surface area (Å²) in [5, 5.41) is 9.67. The minimum absolute atomic E-state index is 0.197. The fourth-order valence-corrected chi connectivity index (χ4v) is 2.10. The molecule has 0 fully saturated rings. The van der Waals surface area contributed by atoms with E-state index in [0.717, 1.165) is 11.0 Å². The van der Waals surface area contributed by atoms with Gasteiger partial charge in [-0.3, -0.25) is 9.69 Å². The van der Waals surface area contributed by atoms with Gasteiger partial charge in [0.05, 0.1) is 23.7 Å². The summed E-state index contributed by atoms with van der Waals surface area (Å²) < 4.78 is 4.88. The van der Waals surface area contributed by atoms with Crippen LogP contribution in [-0.2, 0) is 11.3 Å². The van der Waals surface area contributed by atoms with E-state index in [0.29, 0.717) is 18.8 Å². The van der Waals surface area contributed by atoms with Crippen molar-refractivity contribution < 1.29 is 9.84 Å². The van der Waals surface area contributed by atoms with Gasteiger partial charge < -0.3 is 14.8 Å². The number of aliphatic hydroxyl groups excluding tert-OH is 1. The van der Waals surface area contributed by atoms with Crippen molar-refractivity contribution in [2.75, 3.05) is 27.3 Å². The van der Waals surface area contributed by atoms with E-state index in [1.807, 2.05) is 36.2 Å². The SMILES string of the molecule is COCC(O)CN(C)Cc1nc2ccccc2[nH]c1=O. The van der Waals surface area contributed by atoms with Crippen LogP contribution in [0.3, 0.4) is 0 Å². The molecular weight excluding hydrogens is 258 g/mol. The molecule has 0 aliphatic rings. The first kappa shape index (κ1) is 14.6. The van der Waals surface area contributed by atoms with Gasteiger partial charge in [-0.2, -0.15) is 0 Å². The highest BCUT2D eigenvalue weighted by molar-refractivity contribution is 5.73. The number of para-hydroxylation sites is 2. The highest BCUT2D eigenvalue weighted by Gasteiger charge is 2.11. The van der Waals surface area contributed by atoms with Crippen molar-refractivity contribution in [2.45, 2.75) is 12.6 Å². The van der Waals surface area contributed by atoms with Gasteiger partial charge in [0.15, 0.2) is 0 Å². The van der Waals surface area contributed by atoms with E-state index >= 15 is 0 Å². The van der Waals surface area contributed by atoms with Crippen LogP contribution in [0, 0.1) is 0 Å². The molecule has 0 saturated carbocycles. The van der Waals surface area contributed by atoms with Gasteiger partial charge in [0, 0.05) is 20.2 Å². The Balaban J connectivity index is 2.13. The van der Waals surface area contributed by atoms with Gasteiger partial charge in [0.2, 0.25) is 0 Å². The second-order valence-electron chi connectivity index (χ2n) is 4.84. The lowest BCUT2D eigenvalue weighted by molar-refractivity contribution is 0.0416. The molecule has 1 aromatic heterocycles. The zero-order valence-electron chi connectivity index (χ0n) is 11.7. The Morgan fingerprint density at radius 1 is 1.45 bits per heavy atom. The second kappa shape index (κ2) is 6.60. The number of methoxy groups -OCH3 is 1. The van der Waals surface area contributed by atoms with Crippen LogP contribution in [0.25, 0.3) is 11.0 Å². The predicted molar refractivity (Wildman–Crippen MR) is 76.6 cm³/mol. The zero-order chi connectivity index (χ0) is 14.5. The Kier molecular flexibility index (Phi) is 4.84. The predicted octanol–water partition coefficient (Wildman–Crippen LogP) is 0.362. The lowest BCUT2D eigenvalue weighted by Crippen LogP contribution is -2.33. The van der Waals surface area contributed by atoms with Gasteiger partial charge in [0.25, 0.3) is 5.56 Å². The summed E-state index contributed by atoms with van der Waals surface area (Å²) in [6.07, 6.45) is -0.579. The summed E-state index contributed by atoms with van der Waals surface area (Å²) in [5.41, 5.74) is 1.73. The van der Waals surface area contributed by atoms with Crippen LogP contribution in [0.1, 0.15) is 5.69 Å². The van der Waals surface area contributed by atoms with Crippen LogP contribution < -0.4 is 5.56 Å². The fraction of sp³-hybridized carbons (Fsp3) is 0.429. The average molecular weight is 277 g/mol. The Morgan fingerprint density at radius 2 is 2.20 bits per heavy atom. The van der Waals surface area contributed by atoms with Gasteiger partial charge in [-0.1, -0.05) is 12.1 Å². The third kappa shape index (κ3) is 3.63. The summed E-state index contributed by atoms with van der Waals surface area (Å²) in [6, 6.07) is 7.41. The maximum absolute atomic E-state index is 11.9. The number of benzene rings is 1. The van der Waals surface area contributed by atoms with E-state index in [1.165, 1.54) is 0 Å². The van der Waals surface area contributed by atoms with Gasteiger partial charge in [-0.25, -0.2) is 4.98 Å². The van der Waals surface area contributed by atoms with Crippen LogP contribution in [0.2, 0.25) is 0 Å². The smallest absolute Gasteiger partial charge is 0.271 e. The maximum atomic E-state index is 11.9. The number of hydrogen-bond donors (Lipinski definition) is 2. The Hall–Kier alpha value is -1.76. The first-order valence-electron chi connectivity index (χ1n) is 6.43. The molecule has 2 aromatic rings. The van der Waals surface area contributed by atoms with Crippen molar-refractivity contribution in [3.63, 3.8) is 0 Å². The molecule has 0 amide bonds. The highest BCUT2D eigenvalue weighted by Crippen LogP contribution is 2.07. The van der Waals surface area contributed by atoms with E-state index < -0.39 is 6.10 Å². The molecule has 6 nitrogen and oxygen atoms in total. The number of ether oxygens (including phenoxy) is 1. The molecule has 2 N–H and O–H groups in total. The van der Waals surface area contributed by atoms with E-state index in [1.54, 1.807) is 7.11 Å². The Labute approximate surface area is 117 Å². The Morgan fingerprint density at radius 3 is 2.95 bits per heavy atom. The van der Waals surface area contributed by atoms with E-state index in [2.05, 4.69) is 9.97 Å². The van der Waals surface area contributed by atoms with Crippen molar-refractivity contribution in [1.82, 2.24) is 14.9 Å². The molecule has 108 valence electrons. The molecule has 0 aliphatic heterocycles. The van der Waals surface area contributed by atoms with E-state index in [9.17, 15) is 9.90 Å². The first-order chi connectivity index (χ1) is 9.60. The molecule has 0 saturated heterocycles. The summed E-state index contributed by atoms with van der Waals surface area (Å²) in [4.78, 5) is 21.0. The summed E-state index contributed by atoms with van der Waals surface area (Å²) in [7, 11) is 3.37. The van der Waals surface area contributed by atoms with Crippen molar-refractivity contribution in [3.8, 4) is 0 Å². The summed E-state index contributed by atoms with van der Waals surface area (Å²) >= 11 is 0. The summed E-state index contributed by atoms with van der Waals surface area (Å²) in [5.74, 6) is 0. The maximum Gasteiger partial charge on any atom is 0.271 e. The monoisotopic (exact) mass is 277 g/mol. The van der Waals surface area contributed by atoms with Crippen LogP contribution in [-0.4, -0.2) is 53.4 Å². The number of aromatic amines is 1. The molecule has 0 aliphatic carbocycles. The number of likely N-dealkylation sites (N-methyl/N-ethyl adjacent to an activating group) is 1. The minimum atomic E-state index is -0.579. The third-order valence-corrected chi connectivity index (χ3v) is 2.97. The molecule has 1 unspecified atom stereocenters. The molecule has 0 spiro atoms. The standard InChI is InChI=1S/C14H19N3O3/c1-17(7-10(18)9-20-2)8-13-14(19)16-12-6-4-3-5-11(12)15-13/h3-6,10,18H,7-9H2,1-2H3,(H,16,19). The molecule has 6 heteroatoms. The van der Waals surface area contributed by atoms with Gasteiger partial charge >= 0.3 is 0 Å². The van der Waals surface area contributed by atoms with Crippen molar-refractivity contribution in [3.05, 3.63) is 40.3 Å². The van der Waals surface area contributed by atoms with E-state index in [-0.39, 0.29) is 12.2 Å². The number of nitrogens with one attached hydrogen (secondary N) is 1. The van der Waals surface area contributed by atoms with Gasteiger partial charge in [-0.05, 0) is 19.2 Å². The average Bonchev–Trinajstić information content (AvgIpc) is 2.39. The number of hydrogen-bond acceptors (Lipinski definition) is 5. The zero-order valence-corrected chi connectivity index (χ0v) is 11.7. The second-order valence-corrected chi connectivity index (χ2v) is 4.84. The van der Waals surface area contributed by atoms with Crippen LogP contribution >= 0.6 is 0 Å². The minimum Gasteiger partial charge on any atom is -0.389 e. The van der Waals surface area contributed by atoms with Crippen LogP contribution in [0.5, 0.6) is 0 Å². The number of aromatic nitrogens is 2. The molecular formula is C14H19N3O3. The van der Waals surface area contributed by atoms with Crippen LogP contribution in [0.15, 0.2) is 29.1 Å². The number of nitrogens with zero attached hydrogens (tertiary/aromatic N) is 2. The third-order valence-electron chi connectivity index (χ3n) is 2.97. The number of rotatable bonds is 6. The lowest BCUT2D eigenvalue weighted by Gasteiger charge is -2.19. The topological polar surface area (TPSA) is 78.5 Å². The quantitative estimate of drug-likeness (QED) is 0.797. The Bertz CT molecular complexity index is 626. The molecule has 1 aromatic carbocycles. The van der Waals surface area contributed by atoms with Crippen molar-refractivity contribution in [2.24, 2.45) is 0 Å². The van der Waals surface area contributed by atoms with E-state index in [4.69, 9.17) is 4.74 Å². The van der Waals surface area contributed by atoms with Crippen molar-refractivity contribution in [1.29, 1.82) is 0 Å². The molecule has 1 heterocycles. The number of fused-ring (bicyclic) bond motifs is 1. The molecule has 0 bridgehead atoms. The highest BCUT2D eigenvalue weighted by atomic mass is 16.5. The van der Waals surface area contributed by atoms with Gasteiger partial charge in [0.1, 0.15) is 5.69 Å². The number of aliphatic hydroxyl groups is 1. The fourth-order valence-electron chi connectivity index (χ4n) is 2.10. The first-order valence-corrected chi connectivity index (χ1v) is 6.43. The molecule has 20 heavy (non-hydrogen) atoms. The molecule has 0 radical (unpaired) electrons.